The molecule has 9 nitrogen and oxygen atoms in total. The van der Waals surface area contributed by atoms with Crippen LogP contribution in [-0.2, 0) is 33.2 Å². The zero-order chi connectivity index (χ0) is 35.6. The van der Waals surface area contributed by atoms with Crippen molar-refractivity contribution in [1.29, 1.82) is 0 Å². The van der Waals surface area contributed by atoms with Gasteiger partial charge in [0.2, 0.25) is 0 Å². The average Bonchev–Trinajstić information content (AvgIpc) is 3.44. The molecule has 0 radical (unpaired) electrons. The largest absolute Gasteiger partial charge is 0.508 e. The van der Waals surface area contributed by atoms with Crippen molar-refractivity contribution in [2.24, 2.45) is 40.4 Å². The molecule has 0 bridgehead atoms. The minimum atomic E-state index is -0.873. The molecule has 3 saturated carbocycles. The first-order chi connectivity index (χ1) is 23.3. The van der Waals surface area contributed by atoms with Crippen molar-refractivity contribution in [3.63, 3.8) is 0 Å². The number of rotatable bonds is 12. The van der Waals surface area contributed by atoms with Gasteiger partial charge in [0.05, 0.1) is 14.2 Å². The van der Waals surface area contributed by atoms with Crippen molar-refractivity contribution in [2.45, 2.75) is 149 Å². The Bertz CT molecular complexity index is 1260. The van der Waals surface area contributed by atoms with E-state index in [4.69, 9.17) is 28.4 Å². The van der Waals surface area contributed by atoms with Crippen LogP contribution in [0.1, 0.15) is 125 Å². The monoisotopic (exact) mass is 686 g/mol. The molecule has 0 aromatic heterocycles. The van der Waals surface area contributed by atoms with Crippen LogP contribution in [0.3, 0.4) is 0 Å². The van der Waals surface area contributed by atoms with Gasteiger partial charge >= 0.3 is 12.3 Å². The van der Waals surface area contributed by atoms with Crippen molar-refractivity contribution in [1.82, 2.24) is 0 Å². The molecule has 276 valence electrons. The summed E-state index contributed by atoms with van der Waals surface area (Å²) in [6, 6.07) is 0. The summed E-state index contributed by atoms with van der Waals surface area (Å²) in [5.41, 5.74) is 1.42. The fraction of sp³-hybridized carbons (Fsp3) is 0.825. The summed E-state index contributed by atoms with van der Waals surface area (Å²) in [5.74, 6) is 2.02. The van der Waals surface area contributed by atoms with Crippen molar-refractivity contribution in [2.75, 3.05) is 20.8 Å². The predicted octanol–water partition coefficient (Wildman–Crippen LogP) is 9.12. The molecule has 49 heavy (non-hydrogen) atoms. The number of ketones is 1. The van der Waals surface area contributed by atoms with Crippen LogP contribution < -0.4 is 0 Å². The van der Waals surface area contributed by atoms with Gasteiger partial charge in [0.15, 0.2) is 12.1 Å². The molecule has 9 heteroatoms. The topological polar surface area (TPSA) is 107 Å². The van der Waals surface area contributed by atoms with E-state index in [9.17, 15) is 14.4 Å². The second-order valence-electron chi connectivity index (χ2n) is 16.5. The summed E-state index contributed by atoms with van der Waals surface area (Å²) in [6.07, 6.45) is 13.9. The molecule has 0 aromatic rings. The SMILES string of the molecule is CCCC[C@@H](CC(=O)C(C)(C)OC1CCCCO1)[C@H](C)[C@H]1CC[C@H]2C3=CC=C4C[C@@H](OC(=O)OC)C[C@H](OC(=O)OC)[C@]4(C)[C@H]3CC[C@]12C. The molecule has 10 atom stereocenters. The molecule has 1 unspecified atom stereocenters. The van der Waals surface area contributed by atoms with Crippen LogP contribution in [0.5, 0.6) is 0 Å². The molecule has 1 saturated heterocycles. The van der Waals surface area contributed by atoms with Crippen LogP contribution in [0.15, 0.2) is 23.3 Å². The predicted molar refractivity (Wildman–Crippen MR) is 186 cm³/mol. The van der Waals surface area contributed by atoms with Gasteiger partial charge in [-0.15, -0.1) is 0 Å². The number of unbranched alkanes of at least 4 members (excludes halogenated alkanes) is 1. The number of hydrogen-bond acceptors (Lipinski definition) is 9. The first kappa shape index (κ1) is 37.9. The number of Topliss-reactive ketones (excluding diaryl/α,β-unsaturated/α-hetero) is 1. The summed E-state index contributed by atoms with van der Waals surface area (Å²) in [5, 5.41) is 0. The number of methoxy groups -OCH3 is 2. The van der Waals surface area contributed by atoms with Crippen molar-refractivity contribution < 1.29 is 42.8 Å². The summed E-state index contributed by atoms with van der Waals surface area (Å²) in [7, 11) is 2.62. The van der Waals surface area contributed by atoms with Crippen molar-refractivity contribution in [3.8, 4) is 0 Å². The van der Waals surface area contributed by atoms with Crippen LogP contribution in [0.2, 0.25) is 0 Å². The fourth-order valence-corrected chi connectivity index (χ4v) is 10.5. The Morgan fingerprint density at radius 2 is 1.71 bits per heavy atom. The van der Waals surface area contributed by atoms with Gasteiger partial charge in [-0.3, -0.25) is 4.79 Å². The fourth-order valence-electron chi connectivity index (χ4n) is 10.5. The molecule has 4 aliphatic carbocycles. The van der Waals surface area contributed by atoms with E-state index in [0.29, 0.717) is 49.5 Å². The second-order valence-corrected chi connectivity index (χ2v) is 16.5. The molecule has 0 N–H and O–H groups in total. The van der Waals surface area contributed by atoms with Gasteiger partial charge in [0.1, 0.15) is 17.8 Å². The quantitative estimate of drug-likeness (QED) is 0.186. The standard InChI is InChI=1S/C40H62O9/c1-9-10-13-26(22-33(41)38(3,4)49-35-14-11-12-21-46-35)25(2)30-17-18-31-29-16-15-27-23-28(47-36(42)44-7)24-34(48-37(43)45-8)40(27,6)32(29)19-20-39(30,31)5/h15-16,25-26,28,30-32,34-35H,9-14,17-24H2,1-8H3/t25-,26-,28+,30+,31-,32-,34-,35?,39+,40-/m0/s1. The lowest BCUT2D eigenvalue weighted by molar-refractivity contribution is -0.215. The Morgan fingerprint density at radius 3 is 2.39 bits per heavy atom. The van der Waals surface area contributed by atoms with Gasteiger partial charge < -0.3 is 28.4 Å². The number of carbonyl (C=O) groups is 3. The van der Waals surface area contributed by atoms with E-state index in [1.54, 1.807) is 0 Å². The zero-order valence-corrected chi connectivity index (χ0v) is 31.3. The highest BCUT2D eigenvalue weighted by Gasteiger charge is 2.60. The highest BCUT2D eigenvalue weighted by molar-refractivity contribution is 5.86. The lowest BCUT2D eigenvalue weighted by Gasteiger charge is -2.57. The van der Waals surface area contributed by atoms with Gasteiger partial charge in [0, 0.05) is 31.3 Å². The van der Waals surface area contributed by atoms with E-state index in [0.717, 1.165) is 69.8 Å². The molecule has 0 spiro atoms. The van der Waals surface area contributed by atoms with E-state index < -0.39 is 35.5 Å². The maximum Gasteiger partial charge on any atom is 0.508 e. The normalized spacial score (nSPS) is 35.3. The Balaban J connectivity index is 1.36. The maximum absolute atomic E-state index is 13.9. The first-order valence-corrected chi connectivity index (χ1v) is 19.0. The molecule has 5 aliphatic rings. The first-order valence-electron chi connectivity index (χ1n) is 19.0. The van der Waals surface area contributed by atoms with Crippen LogP contribution in [0, 0.1) is 40.4 Å². The third-order valence-corrected chi connectivity index (χ3v) is 13.5. The van der Waals surface area contributed by atoms with Crippen LogP contribution in [0.25, 0.3) is 0 Å². The lowest BCUT2D eigenvalue weighted by atomic mass is 9.49. The number of allylic oxidation sites excluding steroid dienone is 3. The van der Waals surface area contributed by atoms with Gasteiger partial charge in [-0.05, 0) is 100 Å². The van der Waals surface area contributed by atoms with E-state index >= 15 is 0 Å². The van der Waals surface area contributed by atoms with Gasteiger partial charge in [-0.2, -0.15) is 0 Å². The molecular weight excluding hydrogens is 624 g/mol. The lowest BCUT2D eigenvalue weighted by Crippen LogP contribution is -2.54. The highest BCUT2D eigenvalue weighted by Crippen LogP contribution is 2.67. The van der Waals surface area contributed by atoms with Crippen molar-refractivity contribution in [3.05, 3.63) is 23.3 Å². The Hall–Kier alpha value is -2.39. The summed E-state index contributed by atoms with van der Waals surface area (Å²) >= 11 is 0. The number of fused-ring (bicyclic) bond motifs is 5. The van der Waals surface area contributed by atoms with E-state index in [2.05, 4.69) is 39.8 Å². The van der Waals surface area contributed by atoms with Gasteiger partial charge in [-0.1, -0.05) is 63.8 Å². The zero-order valence-electron chi connectivity index (χ0n) is 31.3. The number of hydrogen-bond donors (Lipinski definition) is 0. The summed E-state index contributed by atoms with van der Waals surface area (Å²) in [4.78, 5) is 38.5. The molecule has 5 rings (SSSR count). The molecule has 4 fully saturated rings. The number of ether oxygens (including phenoxy) is 6. The van der Waals surface area contributed by atoms with Gasteiger partial charge in [0.25, 0.3) is 0 Å². The molecule has 0 amide bonds. The minimum Gasteiger partial charge on any atom is -0.438 e. The van der Waals surface area contributed by atoms with E-state index in [-0.39, 0.29) is 23.4 Å². The minimum absolute atomic E-state index is 0.114. The highest BCUT2D eigenvalue weighted by atomic mass is 16.7. The van der Waals surface area contributed by atoms with Gasteiger partial charge in [-0.25, -0.2) is 9.59 Å². The second kappa shape index (κ2) is 15.5. The average molecular weight is 687 g/mol. The van der Waals surface area contributed by atoms with Crippen LogP contribution in [-0.4, -0.2) is 63.0 Å². The molecule has 0 aromatic carbocycles. The molecule has 1 aliphatic heterocycles. The van der Waals surface area contributed by atoms with Crippen molar-refractivity contribution >= 4 is 18.1 Å². The molecule has 1 heterocycles. The Morgan fingerprint density at radius 1 is 0.980 bits per heavy atom. The summed E-state index contributed by atoms with van der Waals surface area (Å²) in [6.45, 7) is 13.9. The number of carbonyl (C=O) groups excluding carboxylic acids is 3. The smallest absolute Gasteiger partial charge is 0.438 e. The summed E-state index contributed by atoms with van der Waals surface area (Å²) < 4.78 is 33.4. The van der Waals surface area contributed by atoms with E-state index in [1.807, 2.05) is 13.8 Å². The Labute approximate surface area is 294 Å². The Kier molecular flexibility index (Phi) is 11.9. The maximum atomic E-state index is 13.9. The van der Waals surface area contributed by atoms with E-state index in [1.165, 1.54) is 19.8 Å². The molecular formula is C40H62O9. The third kappa shape index (κ3) is 7.63. The van der Waals surface area contributed by atoms with Crippen LogP contribution >= 0.6 is 0 Å². The van der Waals surface area contributed by atoms with Crippen LogP contribution in [0.4, 0.5) is 9.59 Å². The third-order valence-electron chi connectivity index (χ3n) is 13.5.